The standard InChI is InChI=1S/C13H15ClFN3O2S/c1-3-18-5-4-16-13(18)9(2)17-21(19,20)12-7-10(14)6-11(15)8-12/h4-9,17H,3H2,1-2H3/t9-/m0/s1. The van der Waals surface area contributed by atoms with Crippen LogP contribution in [0.5, 0.6) is 0 Å². The number of imidazole rings is 1. The molecule has 0 unspecified atom stereocenters. The van der Waals surface area contributed by atoms with Crippen LogP contribution in [-0.2, 0) is 16.6 Å². The van der Waals surface area contributed by atoms with Crippen molar-refractivity contribution in [1.82, 2.24) is 14.3 Å². The average molecular weight is 332 g/mol. The van der Waals surface area contributed by atoms with Crippen LogP contribution in [0.2, 0.25) is 5.02 Å². The molecule has 1 atom stereocenters. The molecule has 5 nitrogen and oxygen atoms in total. The van der Waals surface area contributed by atoms with Gasteiger partial charge in [0.1, 0.15) is 11.6 Å². The summed E-state index contributed by atoms with van der Waals surface area (Å²) in [5.74, 6) is -0.117. The molecule has 0 radical (unpaired) electrons. The smallest absolute Gasteiger partial charge is 0.241 e. The minimum atomic E-state index is -3.88. The molecule has 8 heteroatoms. The van der Waals surface area contributed by atoms with Crippen molar-refractivity contribution in [2.45, 2.75) is 31.3 Å². The van der Waals surface area contributed by atoms with Crippen LogP contribution in [0.15, 0.2) is 35.5 Å². The molecule has 2 rings (SSSR count). The van der Waals surface area contributed by atoms with Crippen LogP contribution in [0.25, 0.3) is 0 Å². The van der Waals surface area contributed by atoms with Crippen LogP contribution in [0.1, 0.15) is 25.7 Å². The van der Waals surface area contributed by atoms with Crippen LogP contribution in [0.3, 0.4) is 0 Å². The summed E-state index contributed by atoms with van der Waals surface area (Å²) in [4.78, 5) is 3.92. The van der Waals surface area contributed by atoms with Crippen molar-refractivity contribution < 1.29 is 12.8 Å². The maximum absolute atomic E-state index is 13.3. The van der Waals surface area contributed by atoms with Crippen molar-refractivity contribution in [3.63, 3.8) is 0 Å². The summed E-state index contributed by atoms with van der Waals surface area (Å²) < 4.78 is 42.1. The lowest BCUT2D eigenvalue weighted by Gasteiger charge is -2.15. The minimum absolute atomic E-state index is 0.0260. The van der Waals surface area contributed by atoms with E-state index >= 15 is 0 Å². The molecule has 1 aromatic heterocycles. The second kappa shape index (κ2) is 6.13. The van der Waals surface area contributed by atoms with Crippen molar-refractivity contribution in [3.05, 3.63) is 47.3 Å². The van der Waals surface area contributed by atoms with Gasteiger partial charge < -0.3 is 4.57 Å². The highest BCUT2D eigenvalue weighted by Gasteiger charge is 2.22. The lowest BCUT2D eigenvalue weighted by molar-refractivity contribution is 0.545. The molecule has 0 aliphatic rings. The molecule has 0 saturated heterocycles. The summed E-state index contributed by atoms with van der Waals surface area (Å²) in [5, 5.41) is 0.0260. The third-order valence-electron chi connectivity index (χ3n) is 2.95. The molecule has 0 spiro atoms. The number of nitrogens with zero attached hydrogens (tertiary/aromatic N) is 2. The van der Waals surface area contributed by atoms with Gasteiger partial charge >= 0.3 is 0 Å². The Bertz CT molecular complexity index is 725. The number of nitrogens with one attached hydrogen (secondary N) is 1. The van der Waals surface area contributed by atoms with Crippen molar-refractivity contribution in [3.8, 4) is 0 Å². The zero-order chi connectivity index (χ0) is 15.6. The van der Waals surface area contributed by atoms with Gasteiger partial charge in [-0.2, -0.15) is 0 Å². The van der Waals surface area contributed by atoms with Crippen molar-refractivity contribution in [2.24, 2.45) is 0 Å². The van der Waals surface area contributed by atoms with E-state index < -0.39 is 21.9 Å². The Morgan fingerprint density at radius 2 is 2.14 bits per heavy atom. The van der Waals surface area contributed by atoms with Crippen LogP contribution >= 0.6 is 11.6 Å². The van der Waals surface area contributed by atoms with Crippen molar-refractivity contribution in [2.75, 3.05) is 0 Å². The summed E-state index contributed by atoms with van der Waals surface area (Å²) in [6.45, 7) is 4.28. The van der Waals surface area contributed by atoms with Gasteiger partial charge in [0.25, 0.3) is 0 Å². The summed E-state index contributed by atoms with van der Waals surface area (Å²) in [6.07, 6.45) is 3.36. The second-order valence-electron chi connectivity index (χ2n) is 4.52. The van der Waals surface area contributed by atoms with E-state index in [-0.39, 0.29) is 9.92 Å². The van der Waals surface area contributed by atoms with E-state index in [0.717, 1.165) is 12.1 Å². The third-order valence-corrected chi connectivity index (χ3v) is 4.69. The molecule has 1 N–H and O–H groups in total. The van der Waals surface area contributed by atoms with Crippen molar-refractivity contribution >= 4 is 21.6 Å². The van der Waals surface area contributed by atoms with Gasteiger partial charge in [-0.15, -0.1) is 0 Å². The zero-order valence-electron chi connectivity index (χ0n) is 11.5. The van der Waals surface area contributed by atoms with Gasteiger partial charge in [0.2, 0.25) is 10.0 Å². The number of hydrogen-bond donors (Lipinski definition) is 1. The quantitative estimate of drug-likeness (QED) is 0.916. The van der Waals surface area contributed by atoms with Gasteiger partial charge in [-0.25, -0.2) is 22.5 Å². The average Bonchev–Trinajstić information content (AvgIpc) is 2.85. The summed E-state index contributed by atoms with van der Waals surface area (Å²) in [5.41, 5.74) is 0. The normalized spacial score (nSPS) is 13.3. The highest BCUT2D eigenvalue weighted by atomic mass is 35.5. The SMILES string of the molecule is CCn1ccnc1[C@H](C)NS(=O)(=O)c1cc(F)cc(Cl)c1. The molecule has 0 bridgehead atoms. The molecule has 1 aromatic carbocycles. The Labute approximate surface area is 127 Å². The monoisotopic (exact) mass is 331 g/mol. The number of aromatic nitrogens is 2. The fourth-order valence-electron chi connectivity index (χ4n) is 2.01. The first kappa shape index (κ1) is 15.9. The molecule has 0 amide bonds. The number of hydrogen-bond acceptors (Lipinski definition) is 3. The lowest BCUT2D eigenvalue weighted by Crippen LogP contribution is -2.29. The summed E-state index contributed by atoms with van der Waals surface area (Å²) in [6, 6.07) is 2.62. The van der Waals surface area contributed by atoms with Gasteiger partial charge in [0.05, 0.1) is 10.9 Å². The highest BCUT2D eigenvalue weighted by molar-refractivity contribution is 7.89. The molecule has 0 saturated carbocycles. The van der Waals surface area contributed by atoms with Crippen molar-refractivity contribution in [1.29, 1.82) is 0 Å². The van der Waals surface area contributed by atoms with Crippen LogP contribution in [0, 0.1) is 5.82 Å². The molecule has 0 fully saturated rings. The molecule has 0 aliphatic carbocycles. The van der Waals surface area contributed by atoms with E-state index in [1.807, 2.05) is 11.5 Å². The van der Waals surface area contributed by atoms with E-state index in [1.165, 1.54) is 6.07 Å². The number of aryl methyl sites for hydroxylation is 1. The largest absolute Gasteiger partial charge is 0.334 e. The number of rotatable bonds is 5. The van der Waals surface area contributed by atoms with E-state index in [4.69, 9.17) is 11.6 Å². The maximum Gasteiger partial charge on any atom is 0.241 e. The predicted octanol–water partition coefficient (Wildman–Crippen LogP) is 2.74. The van der Waals surface area contributed by atoms with Crippen LogP contribution in [-0.4, -0.2) is 18.0 Å². The molecule has 2 aromatic rings. The minimum Gasteiger partial charge on any atom is -0.334 e. The molecule has 0 aliphatic heterocycles. The Hall–Kier alpha value is -1.44. The highest BCUT2D eigenvalue weighted by Crippen LogP contribution is 2.20. The number of benzene rings is 1. The Morgan fingerprint density at radius 3 is 2.76 bits per heavy atom. The van der Waals surface area contributed by atoms with Gasteiger partial charge in [-0.3, -0.25) is 0 Å². The fourth-order valence-corrected chi connectivity index (χ4v) is 3.55. The molecule has 21 heavy (non-hydrogen) atoms. The van der Waals surface area contributed by atoms with Crippen LogP contribution < -0.4 is 4.72 Å². The van der Waals surface area contributed by atoms with E-state index in [1.54, 1.807) is 19.3 Å². The van der Waals surface area contributed by atoms with E-state index in [2.05, 4.69) is 9.71 Å². The summed E-state index contributed by atoms with van der Waals surface area (Å²) in [7, 11) is -3.88. The Balaban J connectivity index is 2.29. The Kier molecular flexibility index (Phi) is 4.65. The van der Waals surface area contributed by atoms with E-state index in [9.17, 15) is 12.8 Å². The van der Waals surface area contributed by atoms with E-state index in [0.29, 0.717) is 12.4 Å². The topological polar surface area (TPSA) is 64.0 Å². The van der Waals surface area contributed by atoms with Gasteiger partial charge in [-0.05, 0) is 32.0 Å². The maximum atomic E-state index is 13.3. The Morgan fingerprint density at radius 1 is 1.43 bits per heavy atom. The van der Waals surface area contributed by atoms with Gasteiger partial charge in [0.15, 0.2) is 0 Å². The van der Waals surface area contributed by atoms with Gasteiger partial charge in [-0.1, -0.05) is 11.6 Å². The second-order valence-corrected chi connectivity index (χ2v) is 6.67. The molecule has 1 heterocycles. The number of sulfonamides is 1. The first-order chi connectivity index (χ1) is 9.83. The number of halogens is 2. The predicted molar refractivity (Wildman–Crippen MR) is 78.0 cm³/mol. The first-order valence-corrected chi connectivity index (χ1v) is 8.19. The third kappa shape index (κ3) is 3.61. The molecular weight excluding hydrogens is 317 g/mol. The first-order valence-electron chi connectivity index (χ1n) is 6.33. The zero-order valence-corrected chi connectivity index (χ0v) is 13.1. The lowest BCUT2D eigenvalue weighted by atomic mass is 10.3. The molecule has 114 valence electrons. The summed E-state index contributed by atoms with van der Waals surface area (Å²) >= 11 is 5.69. The fraction of sp³-hybridized carbons (Fsp3) is 0.308. The molecular formula is C13H15ClFN3O2S. The van der Waals surface area contributed by atoms with Gasteiger partial charge in [0, 0.05) is 24.0 Å². The van der Waals surface area contributed by atoms with Crippen LogP contribution in [0.4, 0.5) is 4.39 Å².